The highest BCUT2D eigenvalue weighted by atomic mass is 16.5. The first-order valence-electron chi connectivity index (χ1n) is 15.5. The van der Waals surface area contributed by atoms with E-state index in [2.05, 4.69) is 34.9 Å². The Kier molecular flexibility index (Phi) is 11.2. The summed E-state index contributed by atoms with van der Waals surface area (Å²) in [5, 5.41) is 5.79. The Labute approximate surface area is 249 Å². The second-order valence-electron chi connectivity index (χ2n) is 12.2. The van der Waals surface area contributed by atoms with Gasteiger partial charge < -0.3 is 21.1 Å². The van der Waals surface area contributed by atoms with Crippen molar-refractivity contribution in [3.63, 3.8) is 0 Å². The van der Waals surface area contributed by atoms with E-state index in [1.807, 2.05) is 38.1 Å². The molecule has 4 N–H and O–H groups in total. The summed E-state index contributed by atoms with van der Waals surface area (Å²) in [5.41, 5.74) is 10.3. The molecule has 2 aliphatic rings. The van der Waals surface area contributed by atoms with Crippen LogP contribution in [0.2, 0.25) is 0 Å². The lowest BCUT2D eigenvalue weighted by Crippen LogP contribution is -2.44. The monoisotopic (exact) mass is 575 g/mol. The number of benzene rings is 2. The zero-order chi connectivity index (χ0) is 30.1. The number of hydrogen-bond donors (Lipinski definition) is 3. The maximum absolute atomic E-state index is 13.2. The van der Waals surface area contributed by atoms with Crippen LogP contribution in [0.15, 0.2) is 48.5 Å². The Hall–Kier alpha value is -3.68. The van der Waals surface area contributed by atoms with Crippen molar-refractivity contribution in [2.24, 2.45) is 23.5 Å². The standard InChI is InChI=1S/C34H45N3O5/c1-22(2)19-24(32(35)39)20-31(38)30(37-33(40)23-11-3-4-12-23)17-9-10-18-36-34(41)42-21-29-27-15-7-5-13-25(27)26-14-6-8-16-28(26)29/h5-8,13-16,22-24,29-30H,3-4,9-12,17-21H2,1-2H3,(H2,35,39)(H,36,41)(H,37,40)/t24-,30+/m1/s1. The first-order chi connectivity index (χ1) is 20.2. The maximum Gasteiger partial charge on any atom is 0.407 e. The molecule has 2 aliphatic carbocycles. The Morgan fingerprint density at radius 3 is 2.14 bits per heavy atom. The summed E-state index contributed by atoms with van der Waals surface area (Å²) in [6.45, 7) is 4.62. The predicted molar refractivity (Wildman–Crippen MR) is 163 cm³/mol. The normalized spacial score (nSPS) is 16.0. The Balaban J connectivity index is 1.25. The molecule has 0 spiro atoms. The number of primary amides is 1. The molecule has 2 atom stereocenters. The van der Waals surface area contributed by atoms with Gasteiger partial charge in [0.15, 0.2) is 5.78 Å². The van der Waals surface area contributed by atoms with Gasteiger partial charge in [-0.2, -0.15) is 0 Å². The van der Waals surface area contributed by atoms with Crippen molar-refractivity contribution in [2.45, 2.75) is 83.6 Å². The molecule has 0 bridgehead atoms. The van der Waals surface area contributed by atoms with Crippen molar-refractivity contribution in [1.82, 2.24) is 10.6 Å². The van der Waals surface area contributed by atoms with Crippen LogP contribution in [-0.2, 0) is 19.1 Å². The van der Waals surface area contributed by atoms with Crippen molar-refractivity contribution in [3.8, 4) is 11.1 Å². The van der Waals surface area contributed by atoms with Crippen LogP contribution in [0.3, 0.4) is 0 Å². The molecule has 8 heteroatoms. The minimum atomic E-state index is -0.665. The Morgan fingerprint density at radius 1 is 0.929 bits per heavy atom. The largest absolute Gasteiger partial charge is 0.449 e. The van der Waals surface area contributed by atoms with Gasteiger partial charge in [0.25, 0.3) is 0 Å². The number of Topliss-reactive ketones (excluding diaryl/α,β-unsaturated/α-hetero) is 1. The van der Waals surface area contributed by atoms with Crippen LogP contribution in [-0.4, -0.2) is 42.9 Å². The molecule has 0 unspecified atom stereocenters. The Morgan fingerprint density at radius 2 is 1.55 bits per heavy atom. The van der Waals surface area contributed by atoms with E-state index in [-0.39, 0.29) is 42.5 Å². The van der Waals surface area contributed by atoms with Gasteiger partial charge in [-0.25, -0.2) is 4.79 Å². The van der Waals surface area contributed by atoms with Crippen LogP contribution in [0.25, 0.3) is 11.1 Å². The number of fused-ring (bicyclic) bond motifs is 3. The summed E-state index contributed by atoms with van der Waals surface area (Å²) in [7, 11) is 0. The van der Waals surface area contributed by atoms with Crippen LogP contribution in [0.5, 0.6) is 0 Å². The third-order valence-corrected chi connectivity index (χ3v) is 8.57. The topological polar surface area (TPSA) is 128 Å². The fraction of sp³-hybridized carbons (Fsp3) is 0.529. The molecular formula is C34H45N3O5. The van der Waals surface area contributed by atoms with Gasteiger partial charge in [-0.3, -0.25) is 14.4 Å². The molecule has 1 fully saturated rings. The molecule has 0 aromatic heterocycles. The second-order valence-corrected chi connectivity index (χ2v) is 12.2. The van der Waals surface area contributed by atoms with Crippen LogP contribution in [0, 0.1) is 17.8 Å². The molecule has 0 aliphatic heterocycles. The minimum absolute atomic E-state index is 0.00155. The lowest BCUT2D eigenvalue weighted by molar-refractivity contribution is -0.132. The summed E-state index contributed by atoms with van der Waals surface area (Å²) in [5.74, 6) is -1.09. The molecule has 1 saturated carbocycles. The van der Waals surface area contributed by atoms with Crippen LogP contribution in [0.1, 0.15) is 88.7 Å². The Bertz CT molecular complexity index is 1210. The number of carbonyl (C=O) groups excluding carboxylic acids is 4. The molecule has 226 valence electrons. The highest BCUT2D eigenvalue weighted by Gasteiger charge is 2.31. The molecule has 2 aromatic carbocycles. The summed E-state index contributed by atoms with van der Waals surface area (Å²) in [6.07, 6.45) is 5.51. The molecule has 42 heavy (non-hydrogen) atoms. The number of carbonyl (C=O) groups is 4. The third kappa shape index (κ3) is 8.20. The van der Waals surface area contributed by atoms with E-state index in [1.54, 1.807) is 0 Å². The number of unbranched alkanes of at least 4 members (excludes halogenated alkanes) is 1. The van der Waals surface area contributed by atoms with Gasteiger partial charge in [0.2, 0.25) is 11.8 Å². The number of ketones is 1. The molecule has 0 saturated heterocycles. The van der Waals surface area contributed by atoms with E-state index < -0.39 is 24.0 Å². The van der Waals surface area contributed by atoms with E-state index in [1.165, 1.54) is 11.1 Å². The van der Waals surface area contributed by atoms with Crippen molar-refractivity contribution in [3.05, 3.63) is 59.7 Å². The van der Waals surface area contributed by atoms with Crippen LogP contribution >= 0.6 is 0 Å². The summed E-state index contributed by atoms with van der Waals surface area (Å²) >= 11 is 0. The minimum Gasteiger partial charge on any atom is -0.449 e. The smallest absolute Gasteiger partial charge is 0.407 e. The lowest BCUT2D eigenvalue weighted by atomic mass is 9.89. The van der Waals surface area contributed by atoms with Gasteiger partial charge in [-0.05, 0) is 66.7 Å². The van der Waals surface area contributed by atoms with Crippen molar-refractivity contribution in [2.75, 3.05) is 13.2 Å². The highest BCUT2D eigenvalue weighted by molar-refractivity contribution is 5.92. The average Bonchev–Trinajstić information content (AvgIpc) is 3.62. The van der Waals surface area contributed by atoms with E-state index in [4.69, 9.17) is 10.5 Å². The third-order valence-electron chi connectivity index (χ3n) is 8.57. The average molecular weight is 576 g/mol. The summed E-state index contributed by atoms with van der Waals surface area (Å²) in [6, 6.07) is 15.7. The zero-order valence-corrected chi connectivity index (χ0v) is 24.9. The SMILES string of the molecule is CC(C)C[C@H](CC(=O)[C@H](CCCCNC(=O)OCC1c2ccccc2-c2ccccc21)NC(=O)C1CCCC1)C(N)=O. The summed E-state index contributed by atoms with van der Waals surface area (Å²) in [4.78, 5) is 50.6. The highest BCUT2D eigenvalue weighted by Crippen LogP contribution is 2.44. The number of alkyl carbamates (subject to hydrolysis) is 1. The van der Waals surface area contributed by atoms with Gasteiger partial charge in [0, 0.05) is 30.7 Å². The second kappa shape index (κ2) is 15.0. The quantitative estimate of drug-likeness (QED) is 0.243. The molecular weight excluding hydrogens is 530 g/mol. The fourth-order valence-electron chi connectivity index (χ4n) is 6.36. The van der Waals surface area contributed by atoms with Gasteiger partial charge >= 0.3 is 6.09 Å². The first-order valence-corrected chi connectivity index (χ1v) is 15.5. The van der Waals surface area contributed by atoms with Gasteiger partial charge in [-0.1, -0.05) is 75.2 Å². The van der Waals surface area contributed by atoms with E-state index in [0.717, 1.165) is 36.8 Å². The van der Waals surface area contributed by atoms with Gasteiger partial charge in [0.05, 0.1) is 6.04 Å². The first kappa shape index (κ1) is 31.3. The van der Waals surface area contributed by atoms with Crippen molar-refractivity contribution >= 4 is 23.7 Å². The molecule has 3 amide bonds. The molecule has 4 rings (SSSR count). The fourth-order valence-corrected chi connectivity index (χ4v) is 6.36. The van der Waals surface area contributed by atoms with Gasteiger partial charge in [-0.15, -0.1) is 0 Å². The summed E-state index contributed by atoms with van der Waals surface area (Å²) < 4.78 is 5.61. The molecule has 8 nitrogen and oxygen atoms in total. The van der Waals surface area contributed by atoms with Crippen LogP contribution in [0.4, 0.5) is 4.79 Å². The molecule has 0 heterocycles. The van der Waals surface area contributed by atoms with E-state index in [0.29, 0.717) is 32.2 Å². The lowest BCUT2D eigenvalue weighted by Gasteiger charge is -2.22. The molecule has 2 aromatic rings. The number of amides is 3. The maximum atomic E-state index is 13.2. The number of ether oxygens (including phenoxy) is 1. The predicted octanol–water partition coefficient (Wildman–Crippen LogP) is 5.48. The number of nitrogens with two attached hydrogens (primary N) is 1. The van der Waals surface area contributed by atoms with E-state index in [9.17, 15) is 19.2 Å². The number of rotatable bonds is 15. The van der Waals surface area contributed by atoms with E-state index >= 15 is 0 Å². The van der Waals surface area contributed by atoms with Crippen molar-refractivity contribution < 1.29 is 23.9 Å². The van der Waals surface area contributed by atoms with Gasteiger partial charge in [0.1, 0.15) is 6.61 Å². The number of nitrogens with one attached hydrogen (secondary N) is 2. The zero-order valence-electron chi connectivity index (χ0n) is 24.9. The van der Waals surface area contributed by atoms with Crippen LogP contribution < -0.4 is 16.4 Å². The molecule has 0 radical (unpaired) electrons. The van der Waals surface area contributed by atoms with Crippen molar-refractivity contribution in [1.29, 1.82) is 0 Å². The number of hydrogen-bond acceptors (Lipinski definition) is 5.